The molecule has 0 saturated carbocycles. The third kappa shape index (κ3) is 2.88. The summed E-state index contributed by atoms with van der Waals surface area (Å²) in [6.45, 7) is 1.78. The van der Waals surface area contributed by atoms with Crippen molar-refractivity contribution in [1.29, 1.82) is 0 Å². The smallest absolute Gasteiger partial charge is 0.187 e. The number of benzene rings is 1. The van der Waals surface area contributed by atoms with Crippen molar-refractivity contribution in [2.75, 3.05) is 0 Å². The van der Waals surface area contributed by atoms with E-state index in [0.717, 1.165) is 5.56 Å². The summed E-state index contributed by atoms with van der Waals surface area (Å²) in [5, 5.41) is 28.8. The molecule has 3 N–H and O–H groups in total. The van der Waals surface area contributed by atoms with Crippen LogP contribution in [0.2, 0.25) is 0 Å². The Morgan fingerprint density at radius 3 is 2.44 bits per heavy atom. The Balaban J connectivity index is 1.91. The third-order valence-electron chi connectivity index (χ3n) is 2.99. The maximum Gasteiger partial charge on any atom is 0.187 e. The Hall–Kier alpha value is -0.980. The monoisotopic (exact) mass is 254 g/mol. The van der Waals surface area contributed by atoms with Gasteiger partial charge in [-0.2, -0.15) is 0 Å². The van der Waals surface area contributed by atoms with Gasteiger partial charge in [0.2, 0.25) is 0 Å². The van der Waals surface area contributed by atoms with E-state index in [-0.39, 0.29) is 6.61 Å². The van der Waals surface area contributed by atoms with Gasteiger partial charge in [-0.25, -0.2) is 0 Å². The molecule has 1 aliphatic heterocycles. The van der Waals surface area contributed by atoms with E-state index in [0.29, 0.717) is 0 Å². The first-order valence-corrected chi connectivity index (χ1v) is 5.95. The molecule has 0 aliphatic carbocycles. The summed E-state index contributed by atoms with van der Waals surface area (Å²) < 4.78 is 10.7. The van der Waals surface area contributed by atoms with E-state index in [1.807, 2.05) is 30.3 Å². The van der Waals surface area contributed by atoms with Crippen LogP contribution in [0.5, 0.6) is 0 Å². The van der Waals surface area contributed by atoms with Crippen LogP contribution in [0.3, 0.4) is 0 Å². The highest BCUT2D eigenvalue weighted by molar-refractivity contribution is 5.13. The fraction of sp³-hybridized carbons (Fsp3) is 0.538. The summed E-state index contributed by atoms with van der Waals surface area (Å²) in [6, 6.07) is 9.46. The highest BCUT2D eigenvalue weighted by Crippen LogP contribution is 2.25. The average molecular weight is 254 g/mol. The first kappa shape index (κ1) is 13.5. The summed E-state index contributed by atoms with van der Waals surface area (Å²) in [6.07, 6.45) is -4.88. The summed E-state index contributed by atoms with van der Waals surface area (Å²) in [7, 11) is 0. The molecule has 0 aromatic heterocycles. The number of ether oxygens (including phenoxy) is 2. The lowest BCUT2D eigenvalue weighted by Crippen LogP contribution is -2.37. The van der Waals surface area contributed by atoms with E-state index < -0.39 is 30.7 Å². The molecule has 1 aromatic carbocycles. The van der Waals surface area contributed by atoms with Crippen molar-refractivity contribution in [3.8, 4) is 0 Å². The molecule has 5 heteroatoms. The van der Waals surface area contributed by atoms with Crippen LogP contribution in [0, 0.1) is 0 Å². The minimum Gasteiger partial charge on any atom is -0.391 e. The lowest BCUT2D eigenvalue weighted by atomic mass is 10.1. The minimum absolute atomic E-state index is 0.280. The molecule has 2 rings (SSSR count). The number of hydrogen-bond donors (Lipinski definition) is 3. The Bertz CT molecular complexity index is 367. The molecule has 18 heavy (non-hydrogen) atoms. The van der Waals surface area contributed by atoms with Gasteiger partial charge >= 0.3 is 0 Å². The van der Waals surface area contributed by atoms with E-state index in [2.05, 4.69) is 0 Å². The number of hydrogen-bond acceptors (Lipinski definition) is 5. The van der Waals surface area contributed by atoms with Gasteiger partial charge < -0.3 is 24.8 Å². The van der Waals surface area contributed by atoms with Crippen LogP contribution in [0.25, 0.3) is 0 Å². The van der Waals surface area contributed by atoms with Crippen LogP contribution in [0.1, 0.15) is 12.5 Å². The minimum atomic E-state index is -1.15. The van der Waals surface area contributed by atoms with Crippen LogP contribution < -0.4 is 0 Å². The van der Waals surface area contributed by atoms with Crippen LogP contribution >= 0.6 is 0 Å². The summed E-state index contributed by atoms with van der Waals surface area (Å²) in [5.74, 6) is 0. The van der Waals surface area contributed by atoms with Gasteiger partial charge in [0.1, 0.15) is 18.3 Å². The van der Waals surface area contributed by atoms with Crippen molar-refractivity contribution >= 4 is 0 Å². The zero-order valence-corrected chi connectivity index (χ0v) is 10.1. The first-order valence-electron chi connectivity index (χ1n) is 5.95. The fourth-order valence-electron chi connectivity index (χ4n) is 1.96. The van der Waals surface area contributed by atoms with Gasteiger partial charge in [0.25, 0.3) is 0 Å². The Labute approximate surface area is 106 Å². The normalized spacial score (nSPS) is 33.6. The van der Waals surface area contributed by atoms with Gasteiger partial charge in [0.05, 0.1) is 12.7 Å². The zero-order chi connectivity index (χ0) is 13.1. The van der Waals surface area contributed by atoms with Gasteiger partial charge in [-0.1, -0.05) is 30.3 Å². The van der Waals surface area contributed by atoms with Gasteiger partial charge in [-0.3, -0.25) is 0 Å². The SMILES string of the molecule is C[C@@H](O)[C@H]1O[C@H](OCc2ccccc2)[C@H](O)[C@@H]1O. The maximum atomic E-state index is 9.74. The van der Waals surface area contributed by atoms with E-state index >= 15 is 0 Å². The van der Waals surface area contributed by atoms with Gasteiger partial charge in [-0.05, 0) is 12.5 Å². The van der Waals surface area contributed by atoms with E-state index in [9.17, 15) is 15.3 Å². The predicted molar refractivity (Wildman–Crippen MR) is 63.6 cm³/mol. The molecule has 0 radical (unpaired) electrons. The van der Waals surface area contributed by atoms with Crippen molar-refractivity contribution in [3.63, 3.8) is 0 Å². The van der Waals surface area contributed by atoms with Gasteiger partial charge in [-0.15, -0.1) is 0 Å². The third-order valence-corrected chi connectivity index (χ3v) is 2.99. The molecule has 100 valence electrons. The van der Waals surface area contributed by atoms with Crippen LogP contribution in [-0.2, 0) is 16.1 Å². The second-order valence-electron chi connectivity index (χ2n) is 4.49. The van der Waals surface area contributed by atoms with Crippen molar-refractivity contribution < 1.29 is 24.8 Å². The van der Waals surface area contributed by atoms with Gasteiger partial charge in [0.15, 0.2) is 6.29 Å². The largest absolute Gasteiger partial charge is 0.391 e. The van der Waals surface area contributed by atoms with Crippen molar-refractivity contribution in [2.45, 2.75) is 44.2 Å². The van der Waals surface area contributed by atoms with Crippen molar-refractivity contribution in [2.24, 2.45) is 0 Å². The highest BCUT2D eigenvalue weighted by atomic mass is 16.7. The first-order chi connectivity index (χ1) is 8.59. The van der Waals surface area contributed by atoms with Crippen LogP contribution in [0.15, 0.2) is 30.3 Å². The molecule has 1 saturated heterocycles. The number of rotatable bonds is 4. The number of aliphatic hydroxyl groups is 3. The maximum absolute atomic E-state index is 9.74. The zero-order valence-electron chi connectivity index (χ0n) is 10.1. The lowest BCUT2D eigenvalue weighted by molar-refractivity contribution is -0.182. The van der Waals surface area contributed by atoms with E-state index in [1.54, 1.807) is 0 Å². The molecule has 0 amide bonds. The van der Waals surface area contributed by atoms with Crippen molar-refractivity contribution in [1.82, 2.24) is 0 Å². The molecular formula is C13H18O5. The fourth-order valence-corrected chi connectivity index (χ4v) is 1.96. The molecule has 0 bridgehead atoms. The summed E-state index contributed by atoms with van der Waals surface area (Å²) >= 11 is 0. The molecule has 1 fully saturated rings. The molecule has 0 unspecified atom stereocenters. The molecule has 1 heterocycles. The second-order valence-corrected chi connectivity index (χ2v) is 4.49. The molecule has 1 aromatic rings. The highest BCUT2D eigenvalue weighted by Gasteiger charge is 2.45. The second kappa shape index (κ2) is 5.77. The lowest BCUT2D eigenvalue weighted by Gasteiger charge is -2.16. The predicted octanol–water partition coefficient (Wildman–Crippen LogP) is 0.0307. The molecule has 5 nitrogen and oxygen atoms in total. The van der Waals surface area contributed by atoms with E-state index in [1.165, 1.54) is 6.92 Å². The summed E-state index contributed by atoms with van der Waals surface area (Å²) in [5.41, 5.74) is 0.947. The van der Waals surface area contributed by atoms with E-state index in [4.69, 9.17) is 9.47 Å². The Kier molecular flexibility index (Phi) is 4.31. The molecular weight excluding hydrogens is 236 g/mol. The quantitative estimate of drug-likeness (QED) is 0.706. The average Bonchev–Trinajstić information content (AvgIpc) is 2.65. The molecule has 1 aliphatic rings. The molecule has 5 atom stereocenters. The van der Waals surface area contributed by atoms with Crippen LogP contribution in [-0.4, -0.2) is 46.0 Å². The number of aliphatic hydroxyl groups excluding tert-OH is 3. The van der Waals surface area contributed by atoms with Crippen LogP contribution in [0.4, 0.5) is 0 Å². The van der Waals surface area contributed by atoms with Crippen molar-refractivity contribution in [3.05, 3.63) is 35.9 Å². The Morgan fingerprint density at radius 2 is 1.89 bits per heavy atom. The standard InChI is InChI=1S/C13H18O5/c1-8(14)12-10(15)11(16)13(18-12)17-7-9-5-3-2-4-6-9/h2-6,8,10-16H,7H2,1H3/t8-,10+,11-,12-,13+/m1/s1. The van der Waals surface area contributed by atoms with Gasteiger partial charge in [0, 0.05) is 0 Å². The molecule has 0 spiro atoms. The topological polar surface area (TPSA) is 79.2 Å². The summed E-state index contributed by atoms with van der Waals surface area (Å²) in [4.78, 5) is 0. The Morgan fingerprint density at radius 1 is 1.22 bits per heavy atom.